The van der Waals surface area contributed by atoms with Crippen LogP contribution < -0.4 is 9.35 Å². The summed E-state index contributed by atoms with van der Waals surface area (Å²) < 4.78 is 4.24. The van der Waals surface area contributed by atoms with Crippen molar-refractivity contribution in [1.82, 2.24) is 0 Å². The molecule has 0 bridgehead atoms. The Morgan fingerprint density at radius 2 is 1.14 bits per heavy atom. The predicted molar refractivity (Wildman–Crippen MR) is 53.5 cm³/mol. The van der Waals surface area contributed by atoms with Crippen molar-refractivity contribution >= 4 is 0 Å². The monoisotopic (exact) mass is 186 g/mol. The van der Waals surface area contributed by atoms with Gasteiger partial charge >= 0.3 is 0 Å². The van der Waals surface area contributed by atoms with Crippen molar-refractivity contribution in [3.05, 3.63) is 60.2 Å². The highest BCUT2D eigenvalue weighted by molar-refractivity contribution is 4.95. The number of pyridine rings is 2. The first-order chi connectivity index (χ1) is 6.79. The van der Waals surface area contributed by atoms with Gasteiger partial charge in [-0.2, -0.15) is 0 Å². The summed E-state index contributed by atoms with van der Waals surface area (Å²) in [5, 5.41) is 0. The van der Waals surface area contributed by atoms with E-state index in [1.165, 1.54) is 11.4 Å². The number of hydrogen-bond donors (Lipinski definition) is 0. The molecule has 0 N–H and O–H groups in total. The van der Waals surface area contributed by atoms with Crippen LogP contribution in [0, 0.1) is 13.8 Å². The van der Waals surface area contributed by atoms with Gasteiger partial charge in [-0.05, 0) is 12.1 Å². The van der Waals surface area contributed by atoms with E-state index in [-0.39, 0.29) is 0 Å². The van der Waals surface area contributed by atoms with Gasteiger partial charge in [0.25, 0.3) is 11.4 Å². The topological polar surface area (TPSA) is 7.76 Å². The molecule has 0 atom stereocenters. The average molecular weight is 186 g/mol. The minimum absolute atomic E-state index is 1.21. The molecule has 0 saturated carbocycles. The molecule has 0 aromatic carbocycles. The molecule has 14 heavy (non-hydrogen) atoms. The van der Waals surface area contributed by atoms with E-state index in [1.54, 1.807) is 0 Å². The smallest absolute Gasteiger partial charge is 0.0496 e. The lowest BCUT2D eigenvalue weighted by Gasteiger charge is -1.93. The Kier molecular flexibility index (Phi) is 2.27. The molecule has 2 aromatic rings. The molecular formula is C12H14N2+2. The van der Waals surface area contributed by atoms with E-state index >= 15 is 0 Å². The van der Waals surface area contributed by atoms with Gasteiger partial charge in [0.05, 0.1) is 9.35 Å². The van der Waals surface area contributed by atoms with Crippen LogP contribution in [0.5, 0.6) is 0 Å². The Morgan fingerprint density at radius 1 is 0.714 bits per heavy atom. The van der Waals surface area contributed by atoms with E-state index in [2.05, 4.69) is 47.7 Å². The van der Waals surface area contributed by atoms with Gasteiger partial charge in [-0.25, -0.2) is 0 Å². The molecule has 0 spiro atoms. The summed E-state index contributed by atoms with van der Waals surface area (Å²) in [4.78, 5) is 0. The number of aryl methyl sites for hydroxylation is 2. The van der Waals surface area contributed by atoms with E-state index in [1.807, 2.05) is 24.3 Å². The highest BCUT2D eigenvalue weighted by atomic mass is 15.4. The van der Waals surface area contributed by atoms with Gasteiger partial charge in [-0.3, -0.25) is 0 Å². The summed E-state index contributed by atoms with van der Waals surface area (Å²) >= 11 is 0. The molecule has 2 aromatic heterocycles. The highest BCUT2D eigenvalue weighted by Gasteiger charge is 2.17. The Morgan fingerprint density at radius 3 is 1.50 bits per heavy atom. The molecule has 2 nitrogen and oxygen atoms in total. The van der Waals surface area contributed by atoms with E-state index in [4.69, 9.17) is 0 Å². The maximum Gasteiger partial charge on any atom is 0.250 e. The second kappa shape index (κ2) is 3.58. The Labute approximate surface area is 84.0 Å². The van der Waals surface area contributed by atoms with Crippen LogP contribution in [-0.2, 0) is 0 Å². The first kappa shape index (κ1) is 8.88. The van der Waals surface area contributed by atoms with Crippen LogP contribution in [-0.4, -0.2) is 0 Å². The summed E-state index contributed by atoms with van der Waals surface area (Å²) in [5.74, 6) is 0. The molecular weight excluding hydrogens is 172 g/mol. The fourth-order valence-electron chi connectivity index (χ4n) is 1.52. The molecule has 2 rings (SSSR count). The maximum atomic E-state index is 2.12. The molecule has 0 aliphatic rings. The third-order valence-electron chi connectivity index (χ3n) is 2.31. The first-order valence-corrected chi connectivity index (χ1v) is 4.74. The summed E-state index contributed by atoms with van der Waals surface area (Å²) in [6.45, 7) is 4.19. The largest absolute Gasteiger partial charge is 0.250 e. The Bertz CT molecular complexity index is 406. The van der Waals surface area contributed by atoms with Crippen LogP contribution >= 0.6 is 0 Å². The molecule has 0 aliphatic heterocycles. The SMILES string of the molecule is Cc1cccc[n+]1-[n+]1ccccc1C. The quantitative estimate of drug-likeness (QED) is 0.591. The lowest BCUT2D eigenvalue weighted by atomic mass is 10.3. The summed E-state index contributed by atoms with van der Waals surface area (Å²) in [5.41, 5.74) is 2.43. The number of rotatable bonds is 1. The molecule has 2 heteroatoms. The normalized spacial score (nSPS) is 10.1. The maximum absolute atomic E-state index is 2.12. The van der Waals surface area contributed by atoms with Crippen molar-refractivity contribution in [2.24, 2.45) is 0 Å². The van der Waals surface area contributed by atoms with Gasteiger partial charge in [0.2, 0.25) is 12.4 Å². The van der Waals surface area contributed by atoms with Crippen LogP contribution in [0.1, 0.15) is 11.4 Å². The van der Waals surface area contributed by atoms with Gasteiger partial charge in [0.1, 0.15) is 0 Å². The lowest BCUT2D eigenvalue weighted by Crippen LogP contribution is -2.68. The van der Waals surface area contributed by atoms with Crippen LogP contribution in [0.25, 0.3) is 0 Å². The van der Waals surface area contributed by atoms with Gasteiger partial charge < -0.3 is 0 Å². The van der Waals surface area contributed by atoms with Crippen molar-refractivity contribution < 1.29 is 9.35 Å². The Hall–Kier alpha value is -1.70. The average Bonchev–Trinajstić information content (AvgIpc) is 2.20. The molecule has 0 fully saturated rings. The van der Waals surface area contributed by atoms with Crippen LogP contribution in [0.3, 0.4) is 0 Å². The third kappa shape index (κ3) is 1.51. The number of nitrogens with zero attached hydrogens (tertiary/aromatic N) is 2. The van der Waals surface area contributed by atoms with E-state index in [9.17, 15) is 0 Å². The van der Waals surface area contributed by atoms with Crippen LogP contribution in [0.4, 0.5) is 0 Å². The van der Waals surface area contributed by atoms with Gasteiger partial charge in [-0.1, -0.05) is 0 Å². The minimum Gasteiger partial charge on any atom is -0.0496 e. The molecule has 0 unspecified atom stereocenters. The van der Waals surface area contributed by atoms with Gasteiger partial charge in [0, 0.05) is 38.1 Å². The fourth-order valence-corrected chi connectivity index (χ4v) is 1.52. The zero-order valence-electron chi connectivity index (χ0n) is 8.51. The van der Waals surface area contributed by atoms with Crippen LogP contribution in [0.15, 0.2) is 48.8 Å². The summed E-state index contributed by atoms with van der Waals surface area (Å²) in [6.07, 6.45) is 4.12. The van der Waals surface area contributed by atoms with Crippen molar-refractivity contribution in [2.75, 3.05) is 0 Å². The summed E-state index contributed by atoms with van der Waals surface area (Å²) in [6, 6.07) is 12.4. The predicted octanol–water partition coefficient (Wildman–Crippen LogP) is 1.19. The van der Waals surface area contributed by atoms with Crippen molar-refractivity contribution in [2.45, 2.75) is 13.8 Å². The lowest BCUT2D eigenvalue weighted by molar-refractivity contribution is -1.30. The number of hydrogen-bond acceptors (Lipinski definition) is 0. The van der Waals surface area contributed by atoms with E-state index in [0.717, 1.165) is 0 Å². The third-order valence-corrected chi connectivity index (χ3v) is 2.31. The van der Waals surface area contributed by atoms with E-state index in [0.29, 0.717) is 0 Å². The molecule has 0 amide bonds. The molecule has 0 radical (unpaired) electrons. The first-order valence-electron chi connectivity index (χ1n) is 4.74. The standard InChI is InChI=1S/C12H14N2/c1-11-7-3-5-9-13(11)14-10-6-4-8-12(14)2/h3-10H,1-2H3/q+2. The fraction of sp³-hybridized carbons (Fsp3) is 0.167. The van der Waals surface area contributed by atoms with E-state index < -0.39 is 0 Å². The zero-order valence-corrected chi connectivity index (χ0v) is 8.51. The van der Waals surface area contributed by atoms with Crippen LogP contribution in [0.2, 0.25) is 0 Å². The molecule has 70 valence electrons. The zero-order chi connectivity index (χ0) is 9.97. The van der Waals surface area contributed by atoms with Crippen molar-refractivity contribution in [1.29, 1.82) is 0 Å². The Balaban J connectivity index is 2.61. The van der Waals surface area contributed by atoms with Gasteiger partial charge in [-0.15, -0.1) is 0 Å². The molecule has 0 saturated heterocycles. The summed E-state index contributed by atoms with van der Waals surface area (Å²) in [7, 11) is 0. The highest BCUT2D eigenvalue weighted by Crippen LogP contribution is 1.88. The van der Waals surface area contributed by atoms with Gasteiger partial charge in [0.15, 0.2) is 0 Å². The molecule has 2 heterocycles. The second-order valence-electron chi connectivity index (χ2n) is 3.37. The number of aromatic nitrogens is 2. The van der Waals surface area contributed by atoms with Crippen molar-refractivity contribution in [3.63, 3.8) is 0 Å². The minimum atomic E-state index is 1.21. The van der Waals surface area contributed by atoms with Crippen molar-refractivity contribution in [3.8, 4) is 0 Å². The molecule has 0 aliphatic carbocycles. The second-order valence-corrected chi connectivity index (χ2v) is 3.37.